The Morgan fingerprint density at radius 1 is 1.29 bits per heavy atom. The van der Waals surface area contributed by atoms with Gasteiger partial charge in [0.2, 0.25) is 0 Å². The van der Waals surface area contributed by atoms with Crippen LogP contribution in [0.2, 0.25) is 0 Å². The standard InChI is InChI=1S/C14H15NO2/c1-2-5-12(16)10-17-13-8-3-6-11-7-4-9-15-14(11)13/h3-4,6-9H,2,5,10H2,1H3. The lowest BCUT2D eigenvalue weighted by atomic mass is 10.2. The normalized spacial score (nSPS) is 10.4. The molecule has 1 heterocycles. The summed E-state index contributed by atoms with van der Waals surface area (Å²) in [6.07, 6.45) is 3.15. The SMILES string of the molecule is CCCC(=O)COc1cccc2cccnc12. The maximum Gasteiger partial charge on any atom is 0.170 e. The maximum atomic E-state index is 11.4. The maximum absolute atomic E-state index is 11.4. The molecule has 0 bridgehead atoms. The molecule has 0 saturated carbocycles. The summed E-state index contributed by atoms with van der Waals surface area (Å²) in [5.74, 6) is 0.799. The molecule has 2 rings (SSSR count). The molecule has 0 unspecified atom stereocenters. The van der Waals surface area contributed by atoms with E-state index in [1.165, 1.54) is 0 Å². The van der Waals surface area contributed by atoms with E-state index in [9.17, 15) is 4.79 Å². The van der Waals surface area contributed by atoms with Crippen molar-refractivity contribution in [2.24, 2.45) is 0 Å². The Balaban J connectivity index is 2.16. The van der Waals surface area contributed by atoms with E-state index >= 15 is 0 Å². The predicted molar refractivity (Wildman–Crippen MR) is 67.2 cm³/mol. The number of ketones is 1. The van der Waals surface area contributed by atoms with Crippen LogP contribution in [0.1, 0.15) is 19.8 Å². The molecule has 88 valence electrons. The Labute approximate surface area is 100 Å². The number of para-hydroxylation sites is 1. The molecular weight excluding hydrogens is 214 g/mol. The van der Waals surface area contributed by atoms with Gasteiger partial charge in [-0.05, 0) is 18.6 Å². The molecule has 0 radical (unpaired) electrons. The molecule has 0 saturated heterocycles. The molecule has 0 aliphatic heterocycles. The summed E-state index contributed by atoms with van der Waals surface area (Å²) in [4.78, 5) is 15.7. The fraction of sp³-hybridized carbons (Fsp3) is 0.286. The van der Waals surface area contributed by atoms with Gasteiger partial charge >= 0.3 is 0 Å². The monoisotopic (exact) mass is 229 g/mol. The second-order valence-electron chi connectivity index (χ2n) is 3.91. The average molecular weight is 229 g/mol. The van der Waals surface area contributed by atoms with Crippen molar-refractivity contribution < 1.29 is 9.53 Å². The molecule has 0 N–H and O–H groups in total. The predicted octanol–water partition coefficient (Wildman–Crippen LogP) is 2.98. The molecule has 3 heteroatoms. The van der Waals surface area contributed by atoms with Crippen LogP contribution < -0.4 is 4.74 Å². The second-order valence-corrected chi connectivity index (χ2v) is 3.91. The van der Waals surface area contributed by atoms with Gasteiger partial charge in [-0.2, -0.15) is 0 Å². The van der Waals surface area contributed by atoms with E-state index in [2.05, 4.69) is 4.98 Å². The number of pyridine rings is 1. The molecule has 0 spiro atoms. The zero-order chi connectivity index (χ0) is 12.1. The van der Waals surface area contributed by atoms with Gasteiger partial charge in [-0.15, -0.1) is 0 Å². The molecule has 0 aliphatic rings. The summed E-state index contributed by atoms with van der Waals surface area (Å²) in [5.41, 5.74) is 0.805. The highest BCUT2D eigenvalue weighted by molar-refractivity contribution is 5.85. The molecular formula is C14H15NO2. The van der Waals surface area contributed by atoms with Crippen molar-refractivity contribution in [2.45, 2.75) is 19.8 Å². The molecule has 0 fully saturated rings. The lowest BCUT2D eigenvalue weighted by Crippen LogP contribution is -2.10. The van der Waals surface area contributed by atoms with Crippen LogP contribution in [0.3, 0.4) is 0 Å². The highest BCUT2D eigenvalue weighted by atomic mass is 16.5. The Bertz CT molecular complexity index is 517. The van der Waals surface area contributed by atoms with Crippen LogP contribution in [0.5, 0.6) is 5.75 Å². The number of ether oxygens (including phenoxy) is 1. The first-order chi connectivity index (χ1) is 8.31. The van der Waals surface area contributed by atoms with Crippen LogP contribution in [-0.2, 0) is 4.79 Å². The Morgan fingerprint density at radius 3 is 2.94 bits per heavy atom. The first kappa shape index (κ1) is 11.6. The van der Waals surface area contributed by atoms with E-state index in [0.717, 1.165) is 17.3 Å². The number of fused-ring (bicyclic) bond motifs is 1. The number of rotatable bonds is 5. The molecule has 1 aromatic heterocycles. The lowest BCUT2D eigenvalue weighted by Gasteiger charge is -2.07. The van der Waals surface area contributed by atoms with Gasteiger partial charge in [-0.25, -0.2) is 0 Å². The molecule has 0 amide bonds. The zero-order valence-electron chi connectivity index (χ0n) is 9.85. The van der Waals surface area contributed by atoms with Crippen LogP contribution in [-0.4, -0.2) is 17.4 Å². The van der Waals surface area contributed by atoms with Crippen molar-refractivity contribution >= 4 is 16.7 Å². The topological polar surface area (TPSA) is 39.2 Å². The molecule has 3 nitrogen and oxygen atoms in total. The third-order valence-corrected chi connectivity index (χ3v) is 2.51. The van der Waals surface area contributed by atoms with Gasteiger partial charge in [0.05, 0.1) is 0 Å². The van der Waals surface area contributed by atoms with E-state index in [0.29, 0.717) is 12.2 Å². The van der Waals surface area contributed by atoms with Gasteiger partial charge in [0.1, 0.15) is 17.9 Å². The van der Waals surface area contributed by atoms with Crippen LogP contribution in [0, 0.1) is 0 Å². The number of carbonyl (C=O) groups is 1. The minimum absolute atomic E-state index is 0.125. The largest absolute Gasteiger partial charge is 0.484 e. The van der Waals surface area contributed by atoms with Gasteiger partial charge in [0, 0.05) is 18.0 Å². The van der Waals surface area contributed by atoms with E-state index < -0.39 is 0 Å². The highest BCUT2D eigenvalue weighted by Crippen LogP contribution is 2.22. The number of benzene rings is 1. The quantitative estimate of drug-likeness (QED) is 0.791. The van der Waals surface area contributed by atoms with Crippen molar-refractivity contribution in [1.29, 1.82) is 0 Å². The van der Waals surface area contributed by atoms with Gasteiger partial charge in [-0.3, -0.25) is 9.78 Å². The number of hydrogen-bond acceptors (Lipinski definition) is 3. The summed E-state index contributed by atoms with van der Waals surface area (Å²) in [7, 11) is 0. The first-order valence-electron chi connectivity index (χ1n) is 5.79. The van der Waals surface area contributed by atoms with Crippen LogP contribution in [0.4, 0.5) is 0 Å². The summed E-state index contributed by atoms with van der Waals surface area (Å²) in [6, 6.07) is 9.58. The van der Waals surface area contributed by atoms with E-state index in [1.54, 1.807) is 6.20 Å². The first-order valence-corrected chi connectivity index (χ1v) is 5.79. The number of carbonyl (C=O) groups excluding carboxylic acids is 1. The average Bonchev–Trinajstić information content (AvgIpc) is 2.36. The Hall–Kier alpha value is -1.90. The number of nitrogens with zero attached hydrogens (tertiary/aromatic N) is 1. The van der Waals surface area contributed by atoms with Crippen molar-refractivity contribution in [3.8, 4) is 5.75 Å². The minimum atomic E-state index is 0.125. The van der Waals surface area contributed by atoms with Crippen LogP contribution >= 0.6 is 0 Å². The Kier molecular flexibility index (Phi) is 3.70. The minimum Gasteiger partial charge on any atom is -0.484 e. The number of Topliss-reactive ketones (excluding diaryl/α,β-unsaturated/α-hetero) is 1. The number of aromatic nitrogens is 1. The summed E-state index contributed by atoms with van der Waals surface area (Å²) >= 11 is 0. The molecule has 0 atom stereocenters. The van der Waals surface area contributed by atoms with Gasteiger partial charge < -0.3 is 4.74 Å². The van der Waals surface area contributed by atoms with Crippen molar-refractivity contribution in [3.05, 3.63) is 36.5 Å². The van der Waals surface area contributed by atoms with Crippen molar-refractivity contribution in [1.82, 2.24) is 4.98 Å². The summed E-state index contributed by atoms with van der Waals surface area (Å²) < 4.78 is 5.52. The molecule has 17 heavy (non-hydrogen) atoms. The fourth-order valence-corrected chi connectivity index (χ4v) is 1.70. The lowest BCUT2D eigenvalue weighted by molar-refractivity contribution is -0.121. The molecule has 1 aromatic carbocycles. The Morgan fingerprint density at radius 2 is 2.12 bits per heavy atom. The van der Waals surface area contributed by atoms with Gasteiger partial charge in [-0.1, -0.05) is 25.1 Å². The second kappa shape index (κ2) is 5.43. The third-order valence-electron chi connectivity index (χ3n) is 2.51. The highest BCUT2D eigenvalue weighted by Gasteiger charge is 2.05. The van der Waals surface area contributed by atoms with Gasteiger partial charge in [0.25, 0.3) is 0 Å². The van der Waals surface area contributed by atoms with Crippen molar-refractivity contribution in [3.63, 3.8) is 0 Å². The molecule has 0 aliphatic carbocycles. The van der Waals surface area contributed by atoms with Crippen LogP contribution in [0.15, 0.2) is 36.5 Å². The van der Waals surface area contributed by atoms with Crippen LogP contribution in [0.25, 0.3) is 10.9 Å². The summed E-state index contributed by atoms with van der Waals surface area (Å²) in [5, 5.41) is 1.02. The van der Waals surface area contributed by atoms with E-state index in [1.807, 2.05) is 37.3 Å². The van der Waals surface area contributed by atoms with E-state index in [4.69, 9.17) is 4.74 Å². The summed E-state index contributed by atoms with van der Waals surface area (Å²) in [6.45, 7) is 2.11. The zero-order valence-corrected chi connectivity index (χ0v) is 9.85. The third kappa shape index (κ3) is 2.81. The van der Waals surface area contributed by atoms with Crippen molar-refractivity contribution in [2.75, 3.05) is 6.61 Å². The fourth-order valence-electron chi connectivity index (χ4n) is 1.70. The van der Waals surface area contributed by atoms with E-state index in [-0.39, 0.29) is 12.4 Å². The smallest absolute Gasteiger partial charge is 0.170 e. The number of hydrogen-bond donors (Lipinski definition) is 0. The molecule has 2 aromatic rings. The van der Waals surface area contributed by atoms with Gasteiger partial charge in [0.15, 0.2) is 5.78 Å².